The minimum atomic E-state index is -0.255. The molecule has 2 fully saturated rings. The van der Waals surface area contributed by atoms with E-state index in [9.17, 15) is 9.18 Å². The topological polar surface area (TPSA) is 23.6 Å². The number of hydrogen-bond donors (Lipinski definition) is 0. The number of fused-ring (bicyclic) bond motifs is 1. The summed E-state index contributed by atoms with van der Waals surface area (Å²) in [5, 5.41) is 0. The fourth-order valence-electron chi connectivity index (χ4n) is 4.44. The maximum atomic E-state index is 13.4. The Bertz CT molecular complexity index is 587. The normalized spacial score (nSPS) is 29.8. The minimum Gasteiger partial charge on any atom is -0.339 e. The van der Waals surface area contributed by atoms with Crippen LogP contribution in [0.5, 0.6) is 0 Å². The van der Waals surface area contributed by atoms with E-state index >= 15 is 0 Å². The van der Waals surface area contributed by atoms with Crippen molar-refractivity contribution >= 4 is 5.91 Å². The van der Waals surface area contributed by atoms with Gasteiger partial charge in [-0.15, -0.1) is 0 Å². The highest BCUT2D eigenvalue weighted by atomic mass is 19.1. The first kappa shape index (κ1) is 16.4. The van der Waals surface area contributed by atoms with Crippen molar-refractivity contribution in [3.05, 3.63) is 35.1 Å². The lowest BCUT2D eigenvalue weighted by molar-refractivity contribution is 0.0726. The summed E-state index contributed by atoms with van der Waals surface area (Å²) < 4.78 is 13.4. The fourth-order valence-corrected chi connectivity index (χ4v) is 4.44. The standard InChI is InChI=1S/C19H27FN2O/c1-12-7-13(5-6-18(12)20)19(23)22(4)17-10-14-8-16(21(2)3)9-15(14)11-17/h5-7,14-17H,8-11H2,1-4H3/t14-,15+,16?,17?. The van der Waals surface area contributed by atoms with Crippen LogP contribution in [0.1, 0.15) is 41.6 Å². The smallest absolute Gasteiger partial charge is 0.253 e. The monoisotopic (exact) mass is 318 g/mol. The molecule has 23 heavy (non-hydrogen) atoms. The van der Waals surface area contributed by atoms with E-state index in [1.165, 1.54) is 18.9 Å². The number of carbonyl (C=O) groups excluding carboxylic acids is 1. The number of amides is 1. The highest BCUT2D eigenvalue weighted by molar-refractivity contribution is 5.94. The molecule has 2 aliphatic carbocycles. The SMILES string of the molecule is Cc1cc(C(=O)N(C)C2C[C@H]3CC(N(C)C)C[C@H]3C2)ccc1F. The largest absolute Gasteiger partial charge is 0.339 e. The number of hydrogen-bond acceptors (Lipinski definition) is 2. The Hall–Kier alpha value is -1.42. The van der Waals surface area contributed by atoms with Crippen molar-refractivity contribution in [3.63, 3.8) is 0 Å². The predicted molar refractivity (Wildman–Crippen MR) is 89.9 cm³/mol. The van der Waals surface area contributed by atoms with Crippen molar-refractivity contribution in [1.29, 1.82) is 0 Å². The third-order valence-electron chi connectivity index (χ3n) is 5.97. The molecule has 0 aliphatic heterocycles. The summed E-state index contributed by atoms with van der Waals surface area (Å²) in [7, 11) is 6.22. The van der Waals surface area contributed by atoms with Crippen LogP contribution in [0, 0.1) is 24.6 Å². The predicted octanol–water partition coefficient (Wildman–Crippen LogP) is 3.32. The average Bonchev–Trinajstić information content (AvgIpc) is 3.07. The molecule has 3 rings (SSSR count). The molecule has 0 N–H and O–H groups in total. The van der Waals surface area contributed by atoms with Gasteiger partial charge in [0.25, 0.3) is 5.91 Å². The third-order valence-corrected chi connectivity index (χ3v) is 5.97. The Morgan fingerprint density at radius 2 is 1.61 bits per heavy atom. The van der Waals surface area contributed by atoms with Gasteiger partial charge in [-0.1, -0.05) is 0 Å². The first-order valence-corrected chi connectivity index (χ1v) is 8.56. The van der Waals surface area contributed by atoms with Crippen LogP contribution in [0.2, 0.25) is 0 Å². The van der Waals surface area contributed by atoms with Crippen molar-refractivity contribution in [2.75, 3.05) is 21.1 Å². The number of aryl methyl sites for hydroxylation is 1. The van der Waals surface area contributed by atoms with Gasteiger partial charge in [0.15, 0.2) is 0 Å². The van der Waals surface area contributed by atoms with Crippen LogP contribution in [0.25, 0.3) is 0 Å². The van der Waals surface area contributed by atoms with Gasteiger partial charge >= 0.3 is 0 Å². The van der Waals surface area contributed by atoms with E-state index in [0.717, 1.165) is 24.7 Å². The van der Waals surface area contributed by atoms with E-state index in [4.69, 9.17) is 0 Å². The number of halogens is 1. The van der Waals surface area contributed by atoms with E-state index in [1.807, 2.05) is 11.9 Å². The molecule has 3 nitrogen and oxygen atoms in total. The van der Waals surface area contributed by atoms with E-state index in [1.54, 1.807) is 19.1 Å². The molecule has 4 atom stereocenters. The van der Waals surface area contributed by atoms with Crippen molar-refractivity contribution in [1.82, 2.24) is 9.80 Å². The minimum absolute atomic E-state index is 0.0160. The quantitative estimate of drug-likeness (QED) is 0.853. The first-order valence-electron chi connectivity index (χ1n) is 8.56. The van der Waals surface area contributed by atoms with Crippen molar-refractivity contribution in [3.8, 4) is 0 Å². The number of rotatable bonds is 3. The molecule has 0 aromatic heterocycles. The Morgan fingerprint density at radius 1 is 1.04 bits per heavy atom. The van der Waals surface area contributed by atoms with E-state index in [-0.39, 0.29) is 11.7 Å². The summed E-state index contributed by atoms with van der Waals surface area (Å²) in [4.78, 5) is 16.9. The van der Waals surface area contributed by atoms with E-state index in [2.05, 4.69) is 19.0 Å². The third kappa shape index (κ3) is 3.14. The lowest BCUT2D eigenvalue weighted by Crippen LogP contribution is -2.36. The molecule has 0 radical (unpaired) electrons. The van der Waals surface area contributed by atoms with Gasteiger partial charge in [0.1, 0.15) is 5.82 Å². The molecule has 1 aromatic carbocycles. The summed E-state index contributed by atoms with van der Waals surface area (Å²) in [5.41, 5.74) is 1.12. The van der Waals surface area contributed by atoms with Gasteiger partial charge in [-0.3, -0.25) is 4.79 Å². The second-order valence-electron chi connectivity index (χ2n) is 7.61. The van der Waals surface area contributed by atoms with E-state index in [0.29, 0.717) is 23.2 Å². The molecular weight excluding hydrogens is 291 g/mol. The van der Waals surface area contributed by atoms with Gasteiger partial charge < -0.3 is 9.80 Å². The highest BCUT2D eigenvalue weighted by Gasteiger charge is 2.44. The Morgan fingerprint density at radius 3 is 2.13 bits per heavy atom. The lowest BCUT2D eigenvalue weighted by Gasteiger charge is -2.27. The van der Waals surface area contributed by atoms with Crippen LogP contribution in [0.15, 0.2) is 18.2 Å². The van der Waals surface area contributed by atoms with Gasteiger partial charge in [0.05, 0.1) is 0 Å². The van der Waals surface area contributed by atoms with Gasteiger partial charge in [0.2, 0.25) is 0 Å². The van der Waals surface area contributed by atoms with Crippen LogP contribution in [-0.2, 0) is 0 Å². The molecule has 0 bridgehead atoms. The summed E-state index contributed by atoms with van der Waals surface area (Å²) in [5.74, 6) is 1.26. The molecule has 2 unspecified atom stereocenters. The first-order chi connectivity index (χ1) is 10.9. The average molecular weight is 318 g/mol. The second-order valence-corrected chi connectivity index (χ2v) is 7.61. The zero-order valence-electron chi connectivity index (χ0n) is 14.6. The van der Waals surface area contributed by atoms with Crippen LogP contribution in [0.3, 0.4) is 0 Å². The molecule has 0 saturated heterocycles. The van der Waals surface area contributed by atoms with Gasteiger partial charge in [-0.25, -0.2) is 4.39 Å². The maximum Gasteiger partial charge on any atom is 0.253 e. The molecule has 0 spiro atoms. The summed E-state index contributed by atoms with van der Waals surface area (Å²) in [6.45, 7) is 1.70. The molecule has 4 heteroatoms. The van der Waals surface area contributed by atoms with Gasteiger partial charge in [-0.05, 0) is 82.3 Å². The number of carbonyl (C=O) groups is 1. The zero-order chi connectivity index (χ0) is 16.7. The zero-order valence-corrected chi connectivity index (χ0v) is 14.6. The van der Waals surface area contributed by atoms with Crippen molar-refractivity contribution in [2.24, 2.45) is 11.8 Å². The van der Waals surface area contributed by atoms with Crippen LogP contribution in [-0.4, -0.2) is 48.9 Å². The highest BCUT2D eigenvalue weighted by Crippen LogP contribution is 2.46. The molecular formula is C19H27FN2O. The maximum absolute atomic E-state index is 13.4. The number of benzene rings is 1. The molecule has 1 amide bonds. The molecule has 2 saturated carbocycles. The summed E-state index contributed by atoms with van der Waals surface area (Å²) in [6, 6.07) is 5.67. The summed E-state index contributed by atoms with van der Waals surface area (Å²) in [6.07, 6.45) is 4.73. The molecule has 1 aromatic rings. The molecule has 2 aliphatic rings. The van der Waals surface area contributed by atoms with Gasteiger partial charge in [0, 0.05) is 24.7 Å². The molecule has 126 valence electrons. The fraction of sp³-hybridized carbons (Fsp3) is 0.632. The number of nitrogens with zero attached hydrogens (tertiary/aromatic N) is 2. The molecule has 0 heterocycles. The lowest BCUT2D eigenvalue weighted by atomic mass is 10.0. The van der Waals surface area contributed by atoms with E-state index < -0.39 is 0 Å². The second kappa shape index (κ2) is 6.23. The van der Waals surface area contributed by atoms with Crippen LogP contribution < -0.4 is 0 Å². The van der Waals surface area contributed by atoms with Crippen LogP contribution in [0.4, 0.5) is 4.39 Å². The van der Waals surface area contributed by atoms with Crippen molar-refractivity contribution in [2.45, 2.75) is 44.7 Å². The van der Waals surface area contributed by atoms with Gasteiger partial charge in [-0.2, -0.15) is 0 Å². The Balaban J connectivity index is 1.65. The Kier molecular flexibility index (Phi) is 4.45. The summed E-state index contributed by atoms with van der Waals surface area (Å²) >= 11 is 0. The van der Waals surface area contributed by atoms with Crippen molar-refractivity contribution < 1.29 is 9.18 Å². The van der Waals surface area contributed by atoms with Crippen LogP contribution >= 0.6 is 0 Å². The Labute approximate surface area is 138 Å².